The maximum Gasteiger partial charge on any atom is 0.312 e. The Bertz CT molecular complexity index is 432. The van der Waals surface area contributed by atoms with E-state index >= 15 is 0 Å². The van der Waals surface area contributed by atoms with Crippen molar-refractivity contribution in [2.24, 2.45) is 0 Å². The Kier molecular flexibility index (Phi) is 3.42. The highest BCUT2D eigenvalue weighted by Gasteiger charge is 2.24. The van der Waals surface area contributed by atoms with E-state index in [2.05, 4.69) is 0 Å². The molecule has 6 heteroatoms. The predicted octanol–water partition coefficient (Wildman–Crippen LogP) is 1.26. The highest BCUT2D eigenvalue weighted by Crippen LogP contribution is 2.26. The molecule has 1 rings (SSSR count). The van der Waals surface area contributed by atoms with E-state index < -0.39 is 24.3 Å². The Morgan fingerprint density at radius 1 is 1.53 bits per heavy atom. The molecule has 15 heavy (non-hydrogen) atoms. The first-order valence-electron chi connectivity index (χ1n) is 3.97. The normalized spacial score (nSPS) is 11.7. The van der Waals surface area contributed by atoms with Crippen molar-refractivity contribution < 1.29 is 19.8 Å². The monoisotopic (exact) mass is 225 g/mol. The molecule has 1 heterocycles. The Morgan fingerprint density at radius 3 is 2.60 bits per heavy atom. The molecular weight excluding hydrogens is 218 g/mol. The summed E-state index contributed by atoms with van der Waals surface area (Å²) in [6.07, 6.45) is -0.472. The maximum atomic E-state index is 10.8. The van der Waals surface area contributed by atoms with Gasteiger partial charge in [-0.15, -0.1) is 11.3 Å². The minimum atomic E-state index is -1.19. The van der Waals surface area contributed by atoms with Gasteiger partial charge in [-0.05, 0) is 6.07 Å². The SMILES string of the molecule is N#Cc1csc(C(CC(=O)O)C(=O)O)c1. The Hall–Kier alpha value is -1.87. The average Bonchev–Trinajstić information content (AvgIpc) is 2.61. The molecule has 0 amide bonds. The summed E-state index contributed by atoms with van der Waals surface area (Å²) in [4.78, 5) is 21.6. The van der Waals surface area contributed by atoms with Crippen LogP contribution in [0.2, 0.25) is 0 Å². The van der Waals surface area contributed by atoms with Gasteiger partial charge in [0.15, 0.2) is 0 Å². The fourth-order valence-corrected chi connectivity index (χ4v) is 2.01. The molecule has 1 atom stereocenters. The van der Waals surface area contributed by atoms with E-state index in [1.54, 1.807) is 0 Å². The zero-order valence-electron chi connectivity index (χ0n) is 7.51. The number of nitriles is 1. The second-order valence-electron chi connectivity index (χ2n) is 2.84. The van der Waals surface area contributed by atoms with Crippen LogP contribution in [0.1, 0.15) is 22.8 Å². The molecule has 0 saturated heterocycles. The molecule has 0 saturated carbocycles. The first kappa shape index (κ1) is 11.2. The van der Waals surface area contributed by atoms with Crippen LogP contribution in [0.4, 0.5) is 0 Å². The Labute approximate surface area is 89.2 Å². The van der Waals surface area contributed by atoms with E-state index in [1.807, 2.05) is 6.07 Å². The van der Waals surface area contributed by atoms with Gasteiger partial charge in [0.25, 0.3) is 0 Å². The summed E-state index contributed by atoms with van der Waals surface area (Å²) in [5.74, 6) is -3.44. The maximum absolute atomic E-state index is 10.8. The first-order chi connectivity index (χ1) is 7.04. The Balaban J connectivity index is 2.94. The van der Waals surface area contributed by atoms with Gasteiger partial charge in [0, 0.05) is 10.3 Å². The highest BCUT2D eigenvalue weighted by atomic mass is 32.1. The van der Waals surface area contributed by atoms with Crippen molar-refractivity contribution in [2.45, 2.75) is 12.3 Å². The minimum absolute atomic E-state index is 0.353. The number of hydrogen-bond acceptors (Lipinski definition) is 4. The number of thiophene rings is 1. The standard InChI is InChI=1S/C9H7NO4S/c10-3-5-1-7(15-4-5)6(9(13)14)2-8(11)12/h1,4,6H,2H2,(H,11,12)(H,13,14). The van der Waals surface area contributed by atoms with Crippen molar-refractivity contribution in [3.63, 3.8) is 0 Å². The first-order valence-corrected chi connectivity index (χ1v) is 4.85. The summed E-state index contributed by atoms with van der Waals surface area (Å²) in [6, 6.07) is 3.27. The lowest BCUT2D eigenvalue weighted by atomic mass is 10.0. The lowest BCUT2D eigenvalue weighted by molar-refractivity contribution is -0.145. The third-order valence-electron chi connectivity index (χ3n) is 1.77. The minimum Gasteiger partial charge on any atom is -0.481 e. The molecule has 2 N–H and O–H groups in total. The van der Waals surface area contributed by atoms with Gasteiger partial charge in [0.05, 0.1) is 12.0 Å². The van der Waals surface area contributed by atoms with Crippen molar-refractivity contribution in [3.05, 3.63) is 21.9 Å². The van der Waals surface area contributed by atoms with Crippen molar-refractivity contribution in [3.8, 4) is 6.07 Å². The molecule has 0 fully saturated rings. The van der Waals surface area contributed by atoms with E-state index in [0.29, 0.717) is 10.4 Å². The van der Waals surface area contributed by atoms with E-state index in [1.165, 1.54) is 11.4 Å². The van der Waals surface area contributed by atoms with Crippen LogP contribution in [0.15, 0.2) is 11.4 Å². The predicted molar refractivity (Wildman–Crippen MR) is 51.7 cm³/mol. The average molecular weight is 225 g/mol. The lowest BCUT2D eigenvalue weighted by Gasteiger charge is -2.05. The summed E-state index contributed by atoms with van der Waals surface area (Å²) in [5.41, 5.74) is 0.353. The van der Waals surface area contributed by atoms with Crippen molar-refractivity contribution in [1.29, 1.82) is 5.26 Å². The van der Waals surface area contributed by atoms with Crippen LogP contribution in [0, 0.1) is 11.3 Å². The van der Waals surface area contributed by atoms with Gasteiger partial charge in [0.1, 0.15) is 12.0 Å². The smallest absolute Gasteiger partial charge is 0.312 e. The van der Waals surface area contributed by atoms with Gasteiger partial charge < -0.3 is 10.2 Å². The third-order valence-corrected chi connectivity index (χ3v) is 2.82. The summed E-state index contributed by atoms with van der Waals surface area (Å²) >= 11 is 1.09. The van der Waals surface area contributed by atoms with Crippen molar-refractivity contribution in [2.75, 3.05) is 0 Å². The molecule has 1 aromatic heterocycles. The number of carbonyl (C=O) groups is 2. The van der Waals surface area contributed by atoms with Gasteiger partial charge in [-0.25, -0.2) is 0 Å². The molecule has 0 bridgehead atoms. The van der Waals surface area contributed by atoms with Crippen molar-refractivity contribution in [1.82, 2.24) is 0 Å². The molecule has 5 nitrogen and oxygen atoms in total. The van der Waals surface area contributed by atoms with Gasteiger partial charge >= 0.3 is 11.9 Å². The molecule has 1 aromatic rings. The summed E-state index contributed by atoms with van der Waals surface area (Å²) in [7, 11) is 0. The number of hydrogen-bond donors (Lipinski definition) is 2. The lowest BCUT2D eigenvalue weighted by Crippen LogP contribution is -2.14. The highest BCUT2D eigenvalue weighted by molar-refractivity contribution is 7.10. The summed E-state index contributed by atoms with van der Waals surface area (Å²) in [5, 5.41) is 27.4. The largest absolute Gasteiger partial charge is 0.481 e. The van der Waals surface area contributed by atoms with Gasteiger partial charge in [-0.3, -0.25) is 9.59 Å². The molecule has 78 valence electrons. The molecule has 0 aliphatic rings. The van der Waals surface area contributed by atoms with Crippen LogP contribution < -0.4 is 0 Å². The second-order valence-corrected chi connectivity index (χ2v) is 3.78. The van der Waals surface area contributed by atoms with Crippen LogP contribution in [0.25, 0.3) is 0 Å². The molecular formula is C9H7NO4S. The van der Waals surface area contributed by atoms with Gasteiger partial charge in [-0.1, -0.05) is 0 Å². The number of rotatable bonds is 4. The second kappa shape index (κ2) is 4.57. The fourth-order valence-electron chi connectivity index (χ4n) is 1.08. The molecule has 0 aromatic carbocycles. The molecule has 0 radical (unpaired) electrons. The number of aliphatic carboxylic acids is 2. The molecule has 0 aliphatic heterocycles. The molecule has 0 spiro atoms. The number of carboxylic acid groups (broad SMARTS) is 2. The van der Waals surface area contributed by atoms with Gasteiger partial charge in [0.2, 0.25) is 0 Å². The van der Waals surface area contributed by atoms with Crippen LogP contribution in [0.5, 0.6) is 0 Å². The zero-order valence-corrected chi connectivity index (χ0v) is 8.32. The van der Waals surface area contributed by atoms with Crippen LogP contribution in [-0.4, -0.2) is 22.2 Å². The van der Waals surface area contributed by atoms with Crippen LogP contribution >= 0.6 is 11.3 Å². The summed E-state index contributed by atoms with van der Waals surface area (Å²) < 4.78 is 0. The van der Waals surface area contributed by atoms with Crippen molar-refractivity contribution >= 4 is 23.3 Å². The zero-order chi connectivity index (χ0) is 11.4. The topological polar surface area (TPSA) is 98.4 Å². The number of nitrogens with zero attached hydrogens (tertiary/aromatic N) is 1. The van der Waals surface area contributed by atoms with E-state index in [0.717, 1.165) is 11.3 Å². The third kappa shape index (κ3) is 2.79. The van der Waals surface area contributed by atoms with E-state index in [-0.39, 0.29) is 0 Å². The van der Waals surface area contributed by atoms with E-state index in [9.17, 15) is 9.59 Å². The van der Waals surface area contributed by atoms with Crippen LogP contribution in [0.3, 0.4) is 0 Å². The molecule has 1 unspecified atom stereocenters. The van der Waals surface area contributed by atoms with E-state index in [4.69, 9.17) is 15.5 Å². The van der Waals surface area contributed by atoms with Crippen LogP contribution in [-0.2, 0) is 9.59 Å². The quantitative estimate of drug-likeness (QED) is 0.803. The number of carboxylic acids is 2. The fraction of sp³-hybridized carbons (Fsp3) is 0.222. The molecule has 0 aliphatic carbocycles. The van der Waals surface area contributed by atoms with Gasteiger partial charge in [-0.2, -0.15) is 5.26 Å². The summed E-state index contributed by atoms with van der Waals surface area (Å²) in [6.45, 7) is 0. The Morgan fingerprint density at radius 2 is 2.20 bits per heavy atom.